The molecule has 4 N–H and O–H groups in total. The van der Waals surface area contributed by atoms with Gasteiger partial charge in [-0.15, -0.1) is 0 Å². The maximum absolute atomic E-state index is 5.75. The summed E-state index contributed by atoms with van der Waals surface area (Å²) < 4.78 is 11.4. The van der Waals surface area contributed by atoms with Crippen LogP contribution >= 0.6 is 0 Å². The highest BCUT2D eigenvalue weighted by molar-refractivity contribution is 5.97. The van der Waals surface area contributed by atoms with Crippen molar-refractivity contribution in [3.63, 3.8) is 0 Å². The molecule has 2 aromatic carbocycles. The van der Waals surface area contributed by atoms with Crippen LogP contribution in [0.1, 0.15) is 17.5 Å². The molecule has 0 aliphatic carbocycles. The van der Waals surface area contributed by atoms with E-state index < -0.39 is 0 Å². The van der Waals surface area contributed by atoms with Crippen LogP contribution in [0.15, 0.2) is 58.5 Å². The van der Waals surface area contributed by atoms with Gasteiger partial charge >= 0.3 is 0 Å². The number of ether oxygens (including phenoxy) is 2. The maximum Gasteiger partial charge on any atom is 0.125 e. The van der Waals surface area contributed by atoms with Crippen molar-refractivity contribution in [3.05, 3.63) is 59.7 Å². The van der Waals surface area contributed by atoms with E-state index in [9.17, 15) is 0 Å². The van der Waals surface area contributed by atoms with Crippen molar-refractivity contribution in [1.29, 1.82) is 0 Å². The third-order valence-electron chi connectivity index (χ3n) is 3.61. The van der Waals surface area contributed by atoms with Crippen LogP contribution in [0, 0.1) is 0 Å². The Labute approximate surface area is 148 Å². The predicted molar refractivity (Wildman–Crippen MR) is 102 cm³/mol. The molecule has 0 fully saturated rings. The van der Waals surface area contributed by atoms with Gasteiger partial charge in [0, 0.05) is 31.6 Å². The topological polar surface area (TPSA) is 95.2 Å². The van der Waals surface area contributed by atoms with Crippen LogP contribution in [0.5, 0.6) is 11.5 Å². The maximum atomic E-state index is 5.75. The standard InChI is InChI=1S/C19H24N4O2/c1-22-18(20)14-4-8-16(9-5-14)24-12-3-13-25-17-10-6-15(7-11-17)19(21)23-2/h4-11H,3,12-13H2,1-2H3,(H2,20,22)(H2,21,23). The normalized spacial score (nSPS) is 12.1. The summed E-state index contributed by atoms with van der Waals surface area (Å²) in [5.74, 6) is 2.62. The fourth-order valence-corrected chi connectivity index (χ4v) is 2.14. The molecule has 6 nitrogen and oxygen atoms in total. The van der Waals surface area contributed by atoms with Gasteiger partial charge in [0.15, 0.2) is 0 Å². The molecular weight excluding hydrogens is 316 g/mol. The molecule has 0 aliphatic rings. The molecule has 0 saturated heterocycles. The minimum Gasteiger partial charge on any atom is -0.493 e. The molecule has 0 radical (unpaired) electrons. The molecule has 132 valence electrons. The third-order valence-corrected chi connectivity index (χ3v) is 3.61. The van der Waals surface area contributed by atoms with Gasteiger partial charge in [-0.25, -0.2) is 0 Å². The highest BCUT2D eigenvalue weighted by atomic mass is 16.5. The van der Waals surface area contributed by atoms with Crippen LogP contribution < -0.4 is 20.9 Å². The first-order valence-electron chi connectivity index (χ1n) is 8.05. The molecular formula is C19H24N4O2. The first-order valence-corrected chi connectivity index (χ1v) is 8.05. The van der Waals surface area contributed by atoms with Crippen molar-refractivity contribution >= 4 is 11.7 Å². The average Bonchev–Trinajstić information content (AvgIpc) is 2.67. The van der Waals surface area contributed by atoms with Crippen molar-refractivity contribution in [2.45, 2.75) is 6.42 Å². The number of rotatable bonds is 8. The first-order chi connectivity index (χ1) is 12.1. The van der Waals surface area contributed by atoms with E-state index in [4.69, 9.17) is 20.9 Å². The third kappa shape index (κ3) is 5.53. The van der Waals surface area contributed by atoms with E-state index in [1.165, 1.54) is 0 Å². The lowest BCUT2D eigenvalue weighted by Crippen LogP contribution is -2.12. The van der Waals surface area contributed by atoms with Gasteiger partial charge in [0.2, 0.25) is 0 Å². The number of hydrogen-bond acceptors (Lipinski definition) is 4. The lowest BCUT2D eigenvalue weighted by Gasteiger charge is -2.09. The summed E-state index contributed by atoms with van der Waals surface area (Å²) in [5.41, 5.74) is 13.3. The highest BCUT2D eigenvalue weighted by Gasteiger charge is 2.00. The molecule has 0 amide bonds. The van der Waals surface area contributed by atoms with Crippen molar-refractivity contribution in [1.82, 2.24) is 0 Å². The number of nitrogens with zero attached hydrogens (tertiary/aromatic N) is 2. The van der Waals surface area contributed by atoms with Gasteiger partial charge in [-0.1, -0.05) is 0 Å². The molecule has 25 heavy (non-hydrogen) atoms. The van der Waals surface area contributed by atoms with Crippen LogP contribution in [-0.2, 0) is 0 Å². The minimum absolute atomic E-state index is 0.512. The second-order valence-electron chi connectivity index (χ2n) is 5.32. The van der Waals surface area contributed by atoms with E-state index in [-0.39, 0.29) is 0 Å². The van der Waals surface area contributed by atoms with Crippen LogP contribution in [0.25, 0.3) is 0 Å². The van der Waals surface area contributed by atoms with Crippen molar-refractivity contribution in [3.8, 4) is 11.5 Å². The summed E-state index contributed by atoms with van der Waals surface area (Å²) in [6.07, 6.45) is 0.778. The highest BCUT2D eigenvalue weighted by Crippen LogP contribution is 2.14. The van der Waals surface area contributed by atoms with Crippen LogP contribution in [0.3, 0.4) is 0 Å². The minimum atomic E-state index is 0.512. The molecule has 0 aromatic heterocycles. The average molecular weight is 340 g/mol. The summed E-state index contributed by atoms with van der Waals surface area (Å²) in [4.78, 5) is 7.89. The molecule has 6 heteroatoms. The van der Waals surface area contributed by atoms with Gasteiger partial charge in [0.05, 0.1) is 13.2 Å². The second kappa shape index (κ2) is 9.32. The first kappa shape index (κ1) is 18.3. The van der Waals surface area contributed by atoms with Gasteiger partial charge in [-0.05, 0) is 48.5 Å². The zero-order chi connectivity index (χ0) is 18.1. The van der Waals surface area contributed by atoms with E-state index in [1.807, 2.05) is 48.5 Å². The van der Waals surface area contributed by atoms with Crippen molar-refractivity contribution < 1.29 is 9.47 Å². The Morgan fingerprint density at radius 1 is 0.720 bits per heavy atom. The number of benzene rings is 2. The van der Waals surface area contributed by atoms with E-state index in [2.05, 4.69) is 9.98 Å². The summed E-state index contributed by atoms with van der Waals surface area (Å²) in [7, 11) is 3.33. The van der Waals surface area contributed by atoms with E-state index in [0.29, 0.717) is 24.9 Å². The molecule has 2 aromatic rings. The zero-order valence-electron chi connectivity index (χ0n) is 14.6. The zero-order valence-corrected chi connectivity index (χ0v) is 14.6. The Bertz CT molecular complexity index is 659. The van der Waals surface area contributed by atoms with Crippen LogP contribution in [0.2, 0.25) is 0 Å². The molecule has 0 spiro atoms. The van der Waals surface area contributed by atoms with Gasteiger partial charge in [-0.2, -0.15) is 0 Å². The van der Waals surface area contributed by atoms with Gasteiger partial charge < -0.3 is 20.9 Å². The largest absolute Gasteiger partial charge is 0.493 e. The summed E-state index contributed by atoms with van der Waals surface area (Å²) in [6.45, 7) is 1.15. The molecule has 0 bridgehead atoms. The number of nitrogens with two attached hydrogens (primary N) is 2. The molecule has 0 heterocycles. The van der Waals surface area contributed by atoms with E-state index >= 15 is 0 Å². The van der Waals surface area contributed by atoms with E-state index in [1.54, 1.807) is 14.1 Å². The Morgan fingerprint density at radius 3 is 1.40 bits per heavy atom. The monoisotopic (exact) mass is 340 g/mol. The van der Waals surface area contributed by atoms with Gasteiger partial charge in [0.25, 0.3) is 0 Å². The van der Waals surface area contributed by atoms with Gasteiger partial charge in [-0.3, -0.25) is 9.98 Å². The summed E-state index contributed by atoms with van der Waals surface area (Å²) >= 11 is 0. The number of hydrogen-bond donors (Lipinski definition) is 2. The van der Waals surface area contributed by atoms with Crippen LogP contribution in [-0.4, -0.2) is 39.0 Å². The molecule has 0 unspecified atom stereocenters. The van der Waals surface area contributed by atoms with Gasteiger partial charge in [0.1, 0.15) is 23.2 Å². The van der Waals surface area contributed by atoms with Crippen LogP contribution in [0.4, 0.5) is 0 Å². The Hall–Kier alpha value is -3.02. The summed E-state index contributed by atoms with van der Waals surface area (Å²) in [6, 6.07) is 15.1. The molecule has 2 rings (SSSR count). The Morgan fingerprint density at radius 2 is 1.08 bits per heavy atom. The number of amidine groups is 2. The lowest BCUT2D eigenvalue weighted by molar-refractivity contribution is 0.247. The molecule has 0 atom stereocenters. The smallest absolute Gasteiger partial charge is 0.125 e. The molecule has 0 aliphatic heterocycles. The number of aliphatic imine (C=N–C) groups is 2. The van der Waals surface area contributed by atoms with Crippen molar-refractivity contribution in [2.24, 2.45) is 21.5 Å². The lowest BCUT2D eigenvalue weighted by atomic mass is 10.2. The second-order valence-corrected chi connectivity index (χ2v) is 5.32. The van der Waals surface area contributed by atoms with Crippen molar-refractivity contribution in [2.75, 3.05) is 27.3 Å². The fourth-order valence-electron chi connectivity index (χ4n) is 2.14. The predicted octanol–water partition coefficient (Wildman–Crippen LogP) is 2.20. The Kier molecular flexibility index (Phi) is 6.83. The quantitative estimate of drug-likeness (QED) is 0.437. The summed E-state index contributed by atoms with van der Waals surface area (Å²) in [5, 5.41) is 0. The van der Waals surface area contributed by atoms with E-state index in [0.717, 1.165) is 29.0 Å². The molecule has 0 saturated carbocycles. The Balaban J connectivity index is 1.71. The fraction of sp³-hybridized carbons (Fsp3) is 0.263. The SMILES string of the molecule is CN=C(N)c1ccc(OCCCOc2ccc(C(N)=NC)cc2)cc1.